The van der Waals surface area contributed by atoms with Gasteiger partial charge in [0.1, 0.15) is 0 Å². The molecule has 4 heteroatoms. The van der Waals surface area contributed by atoms with E-state index < -0.39 is 0 Å². The van der Waals surface area contributed by atoms with Gasteiger partial charge < -0.3 is 0 Å². The van der Waals surface area contributed by atoms with E-state index in [-0.39, 0.29) is 5.92 Å². The van der Waals surface area contributed by atoms with Crippen molar-refractivity contribution in [1.82, 2.24) is 0 Å². The molecular weight excluding hydrogens is 345 g/mol. The van der Waals surface area contributed by atoms with Crippen LogP contribution in [0.4, 0.5) is 0 Å². The van der Waals surface area contributed by atoms with Crippen molar-refractivity contribution in [3.05, 3.63) is 68.1 Å². The van der Waals surface area contributed by atoms with Gasteiger partial charge in [0.25, 0.3) is 0 Å². The molecule has 1 atom stereocenters. The van der Waals surface area contributed by atoms with Crippen LogP contribution in [0.25, 0.3) is 0 Å². The van der Waals surface area contributed by atoms with E-state index in [1.807, 2.05) is 30.3 Å². The van der Waals surface area contributed by atoms with Gasteiger partial charge in [-0.15, -0.1) is 0 Å². The molecule has 0 fully saturated rings. The summed E-state index contributed by atoms with van der Waals surface area (Å²) in [6.45, 7) is 0. The standard InChI is InChI=1S/C15H10BrCl2N/c16-14-4-2-1-3-13(14)11(9-19)7-10-5-6-12(17)8-15(10)18/h1-6,8,11H,7H2/t11-/m1/s1. The summed E-state index contributed by atoms with van der Waals surface area (Å²) < 4.78 is 0.937. The lowest BCUT2D eigenvalue weighted by Crippen LogP contribution is -2.02. The maximum absolute atomic E-state index is 9.37. The molecule has 0 aliphatic rings. The molecule has 0 bridgehead atoms. The smallest absolute Gasteiger partial charge is 0.0764 e. The fourth-order valence-corrected chi connectivity index (χ4v) is 2.94. The normalized spacial score (nSPS) is 11.9. The van der Waals surface area contributed by atoms with Crippen LogP contribution in [0, 0.1) is 11.3 Å². The summed E-state index contributed by atoms with van der Waals surface area (Å²) in [6, 6.07) is 15.4. The first kappa shape index (κ1) is 14.4. The highest BCUT2D eigenvalue weighted by Gasteiger charge is 2.15. The lowest BCUT2D eigenvalue weighted by atomic mass is 9.93. The van der Waals surface area contributed by atoms with Crippen LogP contribution in [0.5, 0.6) is 0 Å². The van der Waals surface area contributed by atoms with E-state index in [0.29, 0.717) is 16.5 Å². The molecule has 0 saturated carbocycles. The molecule has 2 aromatic rings. The predicted molar refractivity (Wildman–Crippen MR) is 82.7 cm³/mol. The van der Waals surface area contributed by atoms with Crippen molar-refractivity contribution >= 4 is 39.1 Å². The van der Waals surface area contributed by atoms with Crippen molar-refractivity contribution in [2.24, 2.45) is 0 Å². The van der Waals surface area contributed by atoms with Gasteiger partial charge >= 0.3 is 0 Å². The molecule has 2 rings (SSSR count). The molecule has 0 aliphatic carbocycles. The highest BCUT2D eigenvalue weighted by Crippen LogP contribution is 2.30. The number of hydrogen-bond acceptors (Lipinski definition) is 1. The van der Waals surface area contributed by atoms with Gasteiger partial charge in [0.05, 0.1) is 12.0 Å². The average Bonchev–Trinajstić information content (AvgIpc) is 2.39. The quantitative estimate of drug-likeness (QED) is 0.703. The molecule has 0 saturated heterocycles. The second-order valence-corrected chi connectivity index (χ2v) is 5.84. The monoisotopic (exact) mass is 353 g/mol. The number of halogens is 3. The fraction of sp³-hybridized carbons (Fsp3) is 0.133. The van der Waals surface area contributed by atoms with Gasteiger partial charge in [-0.25, -0.2) is 0 Å². The van der Waals surface area contributed by atoms with Crippen molar-refractivity contribution in [2.45, 2.75) is 12.3 Å². The Balaban J connectivity index is 2.30. The SMILES string of the molecule is N#C[C@@H](Cc1ccc(Cl)cc1Cl)c1ccccc1Br. The molecule has 0 radical (unpaired) electrons. The van der Waals surface area contributed by atoms with E-state index in [1.54, 1.807) is 12.1 Å². The van der Waals surface area contributed by atoms with E-state index in [2.05, 4.69) is 22.0 Å². The molecule has 0 unspecified atom stereocenters. The predicted octanol–water partition coefficient (Wildman–Crippen LogP) is 5.61. The summed E-state index contributed by atoms with van der Waals surface area (Å²) in [5.41, 5.74) is 1.89. The van der Waals surface area contributed by atoms with Crippen LogP contribution < -0.4 is 0 Å². The number of nitrogens with zero attached hydrogens (tertiary/aromatic N) is 1. The highest BCUT2D eigenvalue weighted by molar-refractivity contribution is 9.10. The van der Waals surface area contributed by atoms with Gasteiger partial charge in [-0.2, -0.15) is 5.26 Å². The second kappa shape index (κ2) is 6.43. The van der Waals surface area contributed by atoms with Gasteiger partial charge in [-0.1, -0.05) is 63.4 Å². The molecule has 0 amide bonds. The van der Waals surface area contributed by atoms with Crippen molar-refractivity contribution in [3.63, 3.8) is 0 Å². The number of nitriles is 1. The van der Waals surface area contributed by atoms with Crippen LogP contribution in [-0.4, -0.2) is 0 Å². The van der Waals surface area contributed by atoms with Gasteiger partial charge in [-0.05, 0) is 35.7 Å². The van der Waals surface area contributed by atoms with E-state index in [4.69, 9.17) is 23.2 Å². The number of hydrogen-bond donors (Lipinski definition) is 0. The van der Waals surface area contributed by atoms with Crippen LogP contribution in [0.15, 0.2) is 46.9 Å². The Morgan fingerprint density at radius 3 is 2.53 bits per heavy atom. The first-order valence-corrected chi connectivity index (χ1v) is 7.24. The molecule has 0 N–H and O–H groups in total. The van der Waals surface area contributed by atoms with Crippen LogP contribution in [0.3, 0.4) is 0 Å². The van der Waals surface area contributed by atoms with Crippen LogP contribution in [0.1, 0.15) is 17.0 Å². The molecular formula is C15H10BrCl2N. The largest absolute Gasteiger partial charge is 0.198 e. The molecule has 1 nitrogen and oxygen atoms in total. The highest BCUT2D eigenvalue weighted by atomic mass is 79.9. The molecule has 19 heavy (non-hydrogen) atoms. The van der Waals surface area contributed by atoms with Crippen LogP contribution in [0.2, 0.25) is 10.0 Å². The Hall–Kier alpha value is -1.01. The first-order chi connectivity index (χ1) is 9.11. The van der Waals surface area contributed by atoms with E-state index in [0.717, 1.165) is 15.6 Å². The second-order valence-electron chi connectivity index (χ2n) is 4.14. The average molecular weight is 355 g/mol. The Morgan fingerprint density at radius 1 is 1.16 bits per heavy atom. The zero-order chi connectivity index (χ0) is 13.8. The maximum Gasteiger partial charge on any atom is 0.0764 e. The van der Waals surface area contributed by atoms with Gasteiger partial charge in [0.15, 0.2) is 0 Å². The van der Waals surface area contributed by atoms with Crippen molar-refractivity contribution in [2.75, 3.05) is 0 Å². The Kier molecular flexibility index (Phi) is 4.87. The molecule has 0 aromatic heterocycles. The first-order valence-electron chi connectivity index (χ1n) is 5.70. The topological polar surface area (TPSA) is 23.8 Å². The summed E-state index contributed by atoms with van der Waals surface area (Å²) in [4.78, 5) is 0. The van der Waals surface area contributed by atoms with Crippen molar-refractivity contribution < 1.29 is 0 Å². The summed E-state index contributed by atoms with van der Waals surface area (Å²) in [6.07, 6.45) is 0.565. The van der Waals surface area contributed by atoms with Crippen LogP contribution >= 0.6 is 39.1 Å². The third kappa shape index (κ3) is 3.51. The third-order valence-corrected chi connectivity index (χ3v) is 4.18. The summed E-state index contributed by atoms with van der Waals surface area (Å²) in [5, 5.41) is 10.6. The fourth-order valence-electron chi connectivity index (χ4n) is 1.89. The van der Waals surface area contributed by atoms with Gasteiger partial charge in [-0.3, -0.25) is 0 Å². The number of benzene rings is 2. The Bertz CT molecular complexity index is 634. The minimum atomic E-state index is -0.241. The molecule has 2 aromatic carbocycles. The zero-order valence-electron chi connectivity index (χ0n) is 9.91. The summed E-state index contributed by atoms with van der Waals surface area (Å²) in [7, 11) is 0. The lowest BCUT2D eigenvalue weighted by molar-refractivity contribution is 0.845. The molecule has 96 valence electrons. The van der Waals surface area contributed by atoms with Gasteiger partial charge in [0, 0.05) is 14.5 Å². The Morgan fingerprint density at radius 2 is 1.89 bits per heavy atom. The van der Waals surface area contributed by atoms with Gasteiger partial charge in [0.2, 0.25) is 0 Å². The van der Waals surface area contributed by atoms with E-state index in [9.17, 15) is 5.26 Å². The third-order valence-electron chi connectivity index (χ3n) is 2.88. The molecule has 0 spiro atoms. The van der Waals surface area contributed by atoms with Crippen molar-refractivity contribution in [1.29, 1.82) is 5.26 Å². The van der Waals surface area contributed by atoms with Crippen LogP contribution in [-0.2, 0) is 6.42 Å². The zero-order valence-corrected chi connectivity index (χ0v) is 13.0. The summed E-state index contributed by atoms with van der Waals surface area (Å²) in [5.74, 6) is -0.241. The minimum Gasteiger partial charge on any atom is -0.198 e. The van der Waals surface area contributed by atoms with Crippen molar-refractivity contribution in [3.8, 4) is 6.07 Å². The van der Waals surface area contributed by atoms with E-state index in [1.165, 1.54) is 0 Å². The Labute approximate surface area is 130 Å². The molecule has 0 aliphatic heterocycles. The maximum atomic E-state index is 9.37. The summed E-state index contributed by atoms with van der Waals surface area (Å²) >= 11 is 15.5. The number of rotatable bonds is 3. The minimum absolute atomic E-state index is 0.241. The van der Waals surface area contributed by atoms with E-state index >= 15 is 0 Å². The lowest BCUT2D eigenvalue weighted by Gasteiger charge is -2.12. The molecule has 0 heterocycles.